The average Bonchev–Trinajstić information content (AvgIpc) is 3.08. The minimum Gasteiger partial charge on any atom is -0.444 e. The molecule has 0 bridgehead atoms. The van der Waals surface area contributed by atoms with Crippen molar-refractivity contribution in [1.29, 1.82) is 0 Å². The highest BCUT2D eigenvalue weighted by Gasteiger charge is 2.51. The molecule has 1 fully saturated rings. The van der Waals surface area contributed by atoms with Crippen LogP contribution >= 0.6 is 7.82 Å². The van der Waals surface area contributed by atoms with E-state index in [0.717, 1.165) is 12.8 Å². The fraction of sp³-hybridized carbons (Fsp3) is 0.903. The van der Waals surface area contributed by atoms with E-state index in [-0.39, 0.29) is 13.2 Å². The maximum Gasteiger partial charge on any atom is 0.472 e. The van der Waals surface area contributed by atoms with Gasteiger partial charge in [-0.1, -0.05) is 83.3 Å². The summed E-state index contributed by atoms with van der Waals surface area (Å²) >= 11 is 0. The van der Waals surface area contributed by atoms with E-state index in [2.05, 4.69) is 13.0 Å². The van der Waals surface area contributed by atoms with Gasteiger partial charge in [0.25, 0.3) is 0 Å². The van der Waals surface area contributed by atoms with Crippen molar-refractivity contribution < 1.29 is 37.3 Å². The van der Waals surface area contributed by atoms with Crippen LogP contribution in [0.3, 0.4) is 0 Å². The van der Waals surface area contributed by atoms with Crippen molar-refractivity contribution in [1.82, 2.24) is 4.90 Å². The second kappa shape index (κ2) is 18.0. The van der Waals surface area contributed by atoms with Gasteiger partial charge in [-0.25, -0.2) is 9.36 Å². The minimum atomic E-state index is -4.33. The van der Waals surface area contributed by atoms with Crippen molar-refractivity contribution in [2.45, 2.75) is 142 Å². The molecule has 0 aliphatic carbocycles. The zero-order chi connectivity index (χ0) is 31.2. The van der Waals surface area contributed by atoms with Crippen molar-refractivity contribution in [2.75, 3.05) is 40.9 Å². The third-order valence-corrected chi connectivity index (χ3v) is 8.02. The fourth-order valence-corrected chi connectivity index (χ4v) is 5.54. The number of phosphoric ester groups is 1. The van der Waals surface area contributed by atoms with Gasteiger partial charge in [-0.15, -0.1) is 0 Å². The number of likely N-dealkylation sites (N-methyl/N-ethyl adjacent to an activating group) is 1. The van der Waals surface area contributed by atoms with Crippen molar-refractivity contribution in [3.63, 3.8) is 0 Å². The molecule has 1 saturated heterocycles. The van der Waals surface area contributed by atoms with Crippen molar-refractivity contribution in [3.05, 3.63) is 12.2 Å². The predicted octanol–water partition coefficient (Wildman–Crippen LogP) is 7.82. The lowest BCUT2D eigenvalue weighted by atomic mass is 10.0. The number of amides is 1. The number of carbonyl (C=O) groups excluding carboxylic acids is 1. The lowest BCUT2D eigenvalue weighted by molar-refractivity contribution is -0.870. The van der Waals surface area contributed by atoms with Gasteiger partial charge >= 0.3 is 13.9 Å². The molecule has 1 heterocycles. The van der Waals surface area contributed by atoms with E-state index in [1.807, 2.05) is 27.2 Å². The molecule has 1 aliphatic heterocycles. The van der Waals surface area contributed by atoms with Crippen LogP contribution in [-0.2, 0) is 23.1 Å². The zero-order valence-electron chi connectivity index (χ0n) is 27.7. The van der Waals surface area contributed by atoms with Gasteiger partial charge in [0.05, 0.1) is 33.8 Å². The van der Waals surface area contributed by atoms with Crippen molar-refractivity contribution >= 4 is 13.9 Å². The summed E-state index contributed by atoms with van der Waals surface area (Å²) in [6.45, 7) is 11.6. The molecular weight excluding hydrogens is 543 g/mol. The molecule has 9 nitrogen and oxygen atoms in total. The molecule has 2 unspecified atom stereocenters. The second-order valence-electron chi connectivity index (χ2n) is 13.8. The van der Waals surface area contributed by atoms with Gasteiger partial charge in [-0.3, -0.25) is 13.9 Å². The molecule has 1 rings (SSSR count). The van der Waals surface area contributed by atoms with Crippen LogP contribution in [0.15, 0.2) is 12.2 Å². The lowest BCUT2D eigenvalue weighted by Crippen LogP contribution is -2.51. The van der Waals surface area contributed by atoms with Gasteiger partial charge in [0.1, 0.15) is 30.6 Å². The highest BCUT2D eigenvalue weighted by atomic mass is 31.2. The molecule has 0 radical (unpaired) electrons. The van der Waals surface area contributed by atoms with Crippen LogP contribution in [0.25, 0.3) is 0 Å². The Hall–Kier alpha value is -0.960. The molecule has 0 spiro atoms. The van der Waals surface area contributed by atoms with E-state index in [1.54, 1.807) is 34.6 Å². The number of allylic oxidation sites excluding steroid dienone is 1. The summed E-state index contributed by atoms with van der Waals surface area (Å²) < 4.78 is 35.7. The number of quaternary nitrogens is 1. The third-order valence-electron chi connectivity index (χ3n) is 7.03. The highest BCUT2D eigenvalue weighted by molar-refractivity contribution is 7.47. The number of unbranched alkanes of at least 4 members (excludes halogenated alkanes) is 11. The van der Waals surface area contributed by atoms with E-state index in [9.17, 15) is 14.3 Å². The van der Waals surface area contributed by atoms with Crippen LogP contribution < -0.4 is 0 Å². The number of phosphoric acid groups is 1. The van der Waals surface area contributed by atoms with Crippen LogP contribution in [0, 0.1) is 0 Å². The maximum atomic E-state index is 13.2. The Morgan fingerprint density at radius 3 is 2.02 bits per heavy atom. The molecule has 1 aliphatic rings. The molecule has 3 atom stereocenters. The Kier molecular flexibility index (Phi) is 16.7. The van der Waals surface area contributed by atoms with Crippen molar-refractivity contribution in [2.24, 2.45) is 0 Å². The van der Waals surface area contributed by atoms with Gasteiger partial charge in [-0.05, 0) is 47.5 Å². The van der Waals surface area contributed by atoms with Gasteiger partial charge in [-0.2, -0.15) is 0 Å². The van der Waals surface area contributed by atoms with Gasteiger partial charge in [0.15, 0.2) is 0 Å². The fourth-order valence-electron chi connectivity index (χ4n) is 4.81. The summed E-state index contributed by atoms with van der Waals surface area (Å²) in [4.78, 5) is 25.0. The largest absolute Gasteiger partial charge is 0.472 e. The van der Waals surface area contributed by atoms with Crippen LogP contribution in [0.4, 0.5) is 4.79 Å². The SMILES string of the molecule is CCCCCCCCCCCCC/C=C/C1OC(C)(C)N(C(=O)OC(C)(C)C)[C@H]1COP(=O)(O)OCC[N+](C)(C)C. The molecule has 0 aromatic heterocycles. The molecule has 0 aromatic carbocycles. The number of rotatable bonds is 20. The number of ether oxygens (including phenoxy) is 2. The Bertz CT molecular complexity index is 820. The first-order valence-electron chi connectivity index (χ1n) is 15.8. The normalized spacial score (nSPS) is 21.0. The Morgan fingerprint density at radius 1 is 0.976 bits per heavy atom. The molecular formula is C31H62N2O7P+. The Labute approximate surface area is 251 Å². The number of carbonyl (C=O) groups is 1. The first-order valence-corrected chi connectivity index (χ1v) is 17.3. The van der Waals surface area contributed by atoms with Crippen LogP contribution in [0.2, 0.25) is 0 Å². The molecule has 1 N–H and O–H groups in total. The lowest BCUT2D eigenvalue weighted by Gasteiger charge is -2.35. The summed E-state index contributed by atoms with van der Waals surface area (Å²) in [5.41, 5.74) is -1.70. The second-order valence-corrected chi connectivity index (χ2v) is 15.3. The van der Waals surface area contributed by atoms with E-state index in [1.165, 1.54) is 69.1 Å². The van der Waals surface area contributed by atoms with Crippen LogP contribution in [0.1, 0.15) is 119 Å². The van der Waals surface area contributed by atoms with Crippen LogP contribution in [-0.4, -0.2) is 84.7 Å². The maximum absolute atomic E-state index is 13.2. The molecule has 10 heteroatoms. The van der Waals surface area contributed by atoms with Gasteiger partial charge in [0, 0.05) is 0 Å². The molecule has 0 aromatic rings. The monoisotopic (exact) mass is 605 g/mol. The van der Waals surface area contributed by atoms with Gasteiger partial charge < -0.3 is 18.9 Å². The standard InChI is InChI=1S/C31H61N2O7P/c1-10-11-12-13-14-15-16-17-18-19-20-21-22-23-28-27(26-38-41(35,36)37-25-24-33(7,8)9)32(31(5,6)39-28)29(34)40-30(2,3)4/h22-23,27-28H,10-21,24-26H2,1-9H3/p+1/b23-22+/t27-,28?/m0/s1. The summed E-state index contributed by atoms with van der Waals surface area (Å²) in [5.74, 6) is 0. The van der Waals surface area contributed by atoms with E-state index < -0.39 is 37.4 Å². The molecule has 1 amide bonds. The average molecular weight is 606 g/mol. The third kappa shape index (κ3) is 17.1. The molecule has 0 saturated carbocycles. The first-order chi connectivity index (χ1) is 19.0. The highest BCUT2D eigenvalue weighted by Crippen LogP contribution is 2.45. The number of nitrogens with zero attached hydrogens (tertiary/aromatic N) is 2. The summed E-state index contributed by atoms with van der Waals surface area (Å²) in [6, 6.07) is -0.657. The van der Waals surface area contributed by atoms with Crippen molar-refractivity contribution in [3.8, 4) is 0 Å². The first kappa shape index (κ1) is 38.1. The topological polar surface area (TPSA) is 94.5 Å². The smallest absolute Gasteiger partial charge is 0.444 e. The Balaban J connectivity index is 2.70. The predicted molar refractivity (Wildman–Crippen MR) is 166 cm³/mol. The van der Waals surface area contributed by atoms with E-state index in [0.29, 0.717) is 11.0 Å². The van der Waals surface area contributed by atoms with Crippen LogP contribution in [0.5, 0.6) is 0 Å². The Morgan fingerprint density at radius 2 is 1.51 bits per heavy atom. The molecule has 242 valence electrons. The number of hydrogen-bond acceptors (Lipinski definition) is 6. The summed E-state index contributed by atoms with van der Waals surface area (Å²) in [7, 11) is 1.58. The summed E-state index contributed by atoms with van der Waals surface area (Å²) in [5, 5.41) is 0. The molecule has 41 heavy (non-hydrogen) atoms. The van der Waals surface area contributed by atoms with Gasteiger partial charge in [0.2, 0.25) is 0 Å². The summed E-state index contributed by atoms with van der Waals surface area (Å²) in [6.07, 6.45) is 18.1. The quantitative estimate of drug-likeness (QED) is 0.0654. The zero-order valence-corrected chi connectivity index (χ0v) is 28.5. The van der Waals surface area contributed by atoms with E-state index in [4.69, 9.17) is 18.5 Å². The van der Waals surface area contributed by atoms with E-state index >= 15 is 0 Å². The minimum absolute atomic E-state index is 0.0714. The number of hydrogen-bond donors (Lipinski definition) is 1.